The van der Waals surface area contributed by atoms with Crippen molar-refractivity contribution in [2.75, 3.05) is 19.5 Å². The molecule has 2 aromatic rings. The van der Waals surface area contributed by atoms with E-state index in [0.29, 0.717) is 17.3 Å². The molecule has 0 radical (unpaired) electrons. The zero-order valence-electron chi connectivity index (χ0n) is 11.6. The zero-order valence-corrected chi connectivity index (χ0v) is 12.4. The molecule has 0 aliphatic carbocycles. The molecule has 0 saturated heterocycles. The van der Waals surface area contributed by atoms with Crippen LogP contribution < -0.4 is 14.8 Å². The minimum Gasteiger partial charge on any atom is -0.502 e. The number of hydrogen-bond acceptors (Lipinski definition) is 4. The first-order chi connectivity index (χ1) is 10.0. The second-order valence-electron chi connectivity index (χ2n) is 4.33. The fourth-order valence-electron chi connectivity index (χ4n) is 1.88. The van der Waals surface area contributed by atoms with E-state index in [2.05, 4.69) is 5.32 Å². The number of anilines is 1. The summed E-state index contributed by atoms with van der Waals surface area (Å²) in [6.07, 6.45) is 0. The van der Waals surface area contributed by atoms with Crippen molar-refractivity contribution in [2.24, 2.45) is 0 Å². The van der Waals surface area contributed by atoms with Crippen LogP contribution in [0.15, 0.2) is 30.3 Å². The molecular formula is C15H15ClFNO3. The van der Waals surface area contributed by atoms with E-state index in [1.165, 1.54) is 32.4 Å². The molecular weight excluding hydrogens is 297 g/mol. The van der Waals surface area contributed by atoms with Crippen LogP contribution in [0.25, 0.3) is 0 Å². The molecule has 4 nitrogen and oxygen atoms in total. The Balaban J connectivity index is 2.22. The van der Waals surface area contributed by atoms with Crippen molar-refractivity contribution in [1.29, 1.82) is 0 Å². The van der Waals surface area contributed by atoms with Gasteiger partial charge >= 0.3 is 0 Å². The van der Waals surface area contributed by atoms with Crippen molar-refractivity contribution in [3.05, 3.63) is 46.7 Å². The summed E-state index contributed by atoms with van der Waals surface area (Å²) >= 11 is 5.83. The highest BCUT2D eigenvalue weighted by molar-refractivity contribution is 6.30. The lowest BCUT2D eigenvalue weighted by Crippen LogP contribution is -2.02. The topological polar surface area (TPSA) is 50.7 Å². The predicted molar refractivity (Wildman–Crippen MR) is 79.9 cm³/mol. The Morgan fingerprint density at radius 3 is 2.33 bits per heavy atom. The summed E-state index contributed by atoms with van der Waals surface area (Å²) < 4.78 is 23.8. The number of nitrogens with one attached hydrogen (secondary N) is 1. The maximum absolute atomic E-state index is 13.6. The molecule has 0 spiro atoms. The third kappa shape index (κ3) is 3.49. The number of phenolic OH excluding ortho intramolecular Hbond substituents is 1. The van der Waals surface area contributed by atoms with Gasteiger partial charge in [0, 0.05) is 11.6 Å². The molecule has 6 heteroatoms. The van der Waals surface area contributed by atoms with Gasteiger partial charge in [-0.15, -0.1) is 0 Å². The Morgan fingerprint density at radius 2 is 1.76 bits per heavy atom. The van der Waals surface area contributed by atoms with Crippen LogP contribution in [0, 0.1) is 5.82 Å². The number of aromatic hydroxyl groups is 1. The average Bonchev–Trinajstić information content (AvgIpc) is 2.49. The smallest absolute Gasteiger partial charge is 0.200 e. The minimum absolute atomic E-state index is 0.0716. The van der Waals surface area contributed by atoms with Crippen LogP contribution in [-0.2, 0) is 6.54 Å². The van der Waals surface area contributed by atoms with Gasteiger partial charge in [-0.2, -0.15) is 0 Å². The summed E-state index contributed by atoms with van der Waals surface area (Å²) in [6, 6.07) is 7.57. The number of halogens is 2. The normalized spacial score (nSPS) is 10.3. The first-order valence-corrected chi connectivity index (χ1v) is 6.55. The Hall–Kier alpha value is -2.14. The van der Waals surface area contributed by atoms with E-state index in [-0.39, 0.29) is 17.2 Å². The van der Waals surface area contributed by atoms with E-state index in [9.17, 15) is 9.50 Å². The number of phenols is 1. The summed E-state index contributed by atoms with van der Waals surface area (Å²) in [5.41, 5.74) is 1.06. The average molecular weight is 312 g/mol. The largest absolute Gasteiger partial charge is 0.502 e. The van der Waals surface area contributed by atoms with E-state index in [0.717, 1.165) is 5.56 Å². The first kappa shape index (κ1) is 15.3. The molecule has 2 N–H and O–H groups in total. The molecule has 2 aromatic carbocycles. The Bertz CT molecular complexity index is 624. The van der Waals surface area contributed by atoms with Crippen LogP contribution in [0.3, 0.4) is 0 Å². The van der Waals surface area contributed by atoms with Gasteiger partial charge in [-0.25, -0.2) is 4.39 Å². The molecule has 0 bridgehead atoms. The molecule has 0 amide bonds. The number of benzene rings is 2. The van der Waals surface area contributed by atoms with Crippen molar-refractivity contribution >= 4 is 17.3 Å². The lowest BCUT2D eigenvalue weighted by atomic mass is 10.1. The maximum atomic E-state index is 13.6. The summed E-state index contributed by atoms with van der Waals surface area (Å²) in [6.45, 7) is 0.324. The Kier molecular flexibility index (Phi) is 4.75. The second-order valence-corrected chi connectivity index (χ2v) is 4.76. The van der Waals surface area contributed by atoms with Crippen LogP contribution in [0.2, 0.25) is 5.02 Å². The summed E-state index contributed by atoms with van der Waals surface area (Å²) in [5.74, 6) is 0.116. The zero-order chi connectivity index (χ0) is 15.4. The molecule has 112 valence electrons. The minimum atomic E-state index is -0.392. The third-order valence-electron chi connectivity index (χ3n) is 2.95. The van der Waals surface area contributed by atoms with Gasteiger partial charge in [0.1, 0.15) is 5.82 Å². The summed E-state index contributed by atoms with van der Waals surface area (Å²) in [4.78, 5) is 0. The SMILES string of the molecule is COc1cc(CNc2cc(Cl)ccc2F)cc(OC)c1O. The first-order valence-electron chi connectivity index (χ1n) is 6.18. The quantitative estimate of drug-likeness (QED) is 0.881. The number of rotatable bonds is 5. The van der Waals surface area contributed by atoms with Gasteiger partial charge in [0.05, 0.1) is 19.9 Å². The highest BCUT2D eigenvalue weighted by atomic mass is 35.5. The van der Waals surface area contributed by atoms with E-state index in [1.54, 1.807) is 12.1 Å². The molecule has 2 rings (SSSR count). The van der Waals surface area contributed by atoms with Crippen molar-refractivity contribution in [2.45, 2.75) is 6.54 Å². The molecule has 0 aliphatic heterocycles. The lowest BCUT2D eigenvalue weighted by molar-refractivity contribution is 0.339. The second kappa shape index (κ2) is 6.54. The van der Waals surface area contributed by atoms with Gasteiger partial charge < -0.3 is 19.9 Å². The van der Waals surface area contributed by atoms with Crippen molar-refractivity contribution in [3.63, 3.8) is 0 Å². The molecule has 0 saturated carbocycles. The highest BCUT2D eigenvalue weighted by Gasteiger charge is 2.11. The van der Waals surface area contributed by atoms with Crippen molar-refractivity contribution in [1.82, 2.24) is 0 Å². The van der Waals surface area contributed by atoms with Crippen LogP contribution in [0.5, 0.6) is 17.2 Å². The monoisotopic (exact) mass is 311 g/mol. The molecule has 0 atom stereocenters. The van der Waals surface area contributed by atoms with Gasteiger partial charge in [-0.1, -0.05) is 11.6 Å². The molecule has 0 aliphatic rings. The Morgan fingerprint density at radius 1 is 1.14 bits per heavy atom. The standard InChI is InChI=1S/C15H15ClFNO3/c1-20-13-5-9(6-14(21-2)15(13)19)8-18-12-7-10(16)3-4-11(12)17/h3-7,18-19H,8H2,1-2H3. The van der Waals surface area contributed by atoms with E-state index in [4.69, 9.17) is 21.1 Å². The van der Waals surface area contributed by atoms with Crippen LogP contribution >= 0.6 is 11.6 Å². The number of ether oxygens (including phenoxy) is 2. The van der Waals surface area contributed by atoms with Crippen LogP contribution in [0.1, 0.15) is 5.56 Å². The fraction of sp³-hybridized carbons (Fsp3) is 0.200. The van der Waals surface area contributed by atoms with Gasteiger partial charge in [-0.3, -0.25) is 0 Å². The van der Waals surface area contributed by atoms with E-state index >= 15 is 0 Å². The van der Waals surface area contributed by atoms with Crippen LogP contribution in [0.4, 0.5) is 10.1 Å². The molecule has 0 fully saturated rings. The number of hydrogen-bond donors (Lipinski definition) is 2. The molecule has 0 heterocycles. The van der Waals surface area contributed by atoms with Gasteiger partial charge in [0.15, 0.2) is 11.5 Å². The molecule has 0 aromatic heterocycles. The van der Waals surface area contributed by atoms with Gasteiger partial charge in [0.2, 0.25) is 5.75 Å². The predicted octanol–water partition coefficient (Wildman–Crippen LogP) is 3.81. The van der Waals surface area contributed by atoms with Gasteiger partial charge in [-0.05, 0) is 35.9 Å². The van der Waals surface area contributed by atoms with Crippen LogP contribution in [-0.4, -0.2) is 19.3 Å². The summed E-state index contributed by atoms with van der Waals surface area (Å²) in [7, 11) is 2.89. The van der Waals surface area contributed by atoms with Crippen molar-refractivity contribution in [3.8, 4) is 17.2 Å². The van der Waals surface area contributed by atoms with E-state index in [1.807, 2.05) is 0 Å². The van der Waals surface area contributed by atoms with E-state index < -0.39 is 5.82 Å². The fourth-order valence-corrected chi connectivity index (χ4v) is 2.05. The molecule has 21 heavy (non-hydrogen) atoms. The molecule has 0 unspecified atom stereocenters. The Labute approximate surface area is 127 Å². The maximum Gasteiger partial charge on any atom is 0.200 e. The number of methoxy groups -OCH3 is 2. The van der Waals surface area contributed by atoms with Gasteiger partial charge in [0.25, 0.3) is 0 Å². The summed E-state index contributed by atoms with van der Waals surface area (Å²) in [5, 5.41) is 13.2. The third-order valence-corrected chi connectivity index (χ3v) is 3.19. The lowest BCUT2D eigenvalue weighted by Gasteiger charge is -2.13. The van der Waals surface area contributed by atoms with Crippen molar-refractivity contribution < 1.29 is 19.0 Å². The highest BCUT2D eigenvalue weighted by Crippen LogP contribution is 2.37.